The number of carbonyl (C=O) groups is 2. The van der Waals surface area contributed by atoms with Crippen LogP contribution in [0.1, 0.15) is 30.6 Å². The summed E-state index contributed by atoms with van der Waals surface area (Å²) in [5, 5.41) is 2.41. The van der Waals surface area contributed by atoms with Crippen LogP contribution in [0.5, 0.6) is 0 Å². The van der Waals surface area contributed by atoms with Crippen LogP contribution in [-0.4, -0.2) is 45.9 Å². The van der Waals surface area contributed by atoms with Crippen molar-refractivity contribution in [2.24, 2.45) is 0 Å². The molecule has 9 heteroatoms. The van der Waals surface area contributed by atoms with Crippen LogP contribution in [0, 0.1) is 17.5 Å². The average Bonchev–Trinajstić information content (AvgIpc) is 3.28. The molecule has 0 radical (unpaired) electrons. The van der Waals surface area contributed by atoms with Gasteiger partial charge in [-0.25, -0.2) is 18.0 Å². The van der Waals surface area contributed by atoms with E-state index in [0.29, 0.717) is 31.1 Å². The topological polar surface area (TPSA) is 57.6 Å². The summed E-state index contributed by atoms with van der Waals surface area (Å²) in [6.45, 7) is 2.83. The van der Waals surface area contributed by atoms with Crippen molar-refractivity contribution in [1.82, 2.24) is 14.4 Å². The Balaban J connectivity index is 1.56. The number of hydrogen-bond donors (Lipinski definition) is 1. The van der Waals surface area contributed by atoms with Crippen molar-refractivity contribution in [2.75, 3.05) is 25.0 Å². The number of urea groups is 1. The molecule has 178 valence electrons. The SMILES string of the molecule is CCCN(CC(=O)N1CCn2cccc2[C@@H]1c1cccc(F)c1)C(=O)Nc1ccc(F)cc1F. The second kappa shape index (κ2) is 10.0. The number of halogens is 3. The number of amides is 3. The quantitative estimate of drug-likeness (QED) is 0.564. The highest BCUT2D eigenvalue weighted by molar-refractivity contribution is 5.92. The van der Waals surface area contributed by atoms with Crippen LogP contribution < -0.4 is 5.32 Å². The van der Waals surface area contributed by atoms with Gasteiger partial charge in [0.25, 0.3) is 0 Å². The van der Waals surface area contributed by atoms with E-state index in [1.54, 1.807) is 17.0 Å². The van der Waals surface area contributed by atoms with Crippen molar-refractivity contribution in [2.45, 2.75) is 25.9 Å². The molecule has 0 fully saturated rings. The fraction of sp³-hybridized carbons (Fsp3) is 0.280. The second-order valence-corrected chi connectivity index (χ2v) is 8.15. The molecule has 4 rings (SSSR count). The molecule has 1 aliphatic rings. The molecular weight excluding hydrogens is 445 g/mol. The summed E-state index contributed by atoms with van der Waals surface area (Å²) in [4.78, 5) is 29.2. The van der Waals surface area contributed by atoms with Crippen molar-refractivity contribution < 1.29 is 22.8 Å². The lowest BCUT2D eigenvalue weighted by molar-refractivity contribution is -0.134. The van der Waals surface area contributed by atoms with Gasteiger partial charge in [-0.3, -0.25) is 4.79 Å². The van der Waals surface area contributed by atoms with Crippen molar-refractivity contribution in [3.05, 3.63) is 89.5 Å². The highest BCUT2D eigenvalue weighted by Gasteiger charge is 2.33. The molecule has 0 saturated carbocycles. The van der Waals surface area contributed by atoms with Crippen LogP contribution in [0.2, 0.25) is 0 Å². The van der Waals surface area contributed by atoms with E-state index < -0.39 is 29.5 Å². The fourth-order valence-electron chi connectivity index (χ4n) is 4.24. The van der Waals surface area contributed by atoms with E-state index in [1.807, 2.05) is 29.8 Å². The number of fused-ring (bicyclic) bond motifs is 1. The number of benzene rings is 2. The van der Waals surface area contributed by atoms with E-state index in [-0.39, 0.29) is 24.7 Å². The molecule has 0 bridgehead atoms. The van der Waals surface area contributed by atoms with Gasteiger partial charge in [0.1, 0.15) is 24.0 Å². The molecule has 2 heterocycles. The Labute approximate surface area is 195 Å². The first-order chi connectivity index (χ1) is 16.4. The maximum absolute atomic E-state index is 14.0. The standard InChI is InChI=1S/C25H25F3N4O2/c1-2-10-31(25(34)29-21-9-8-19(27)15-20(21)28)16-23(33)32-13-12-30-11-4-7-22(30)24(32)17-5-3-6-18(26)14-17/h3-9,11,14-15,24H,2,10,12-13,16H2,1H3,(H,29,34)/t24-/m0/s1. The van der Waals surface area contributed by atoms with E-state index in [0.717, 1.165) is 17.8 Å². The number of nitrogens with one attached hydrogen (secondary N) is 1. The first-order valence-corrected chi connectivity index (χ1v) is 11.1. The third kappa shape index (κ3) is 4.93. The van der Waals surface area contributed by atoms with Crippen molar-refractivity contribution in [3.8, 4) is 0 Å². The van der Waals surface area contributed by atoms with Gasteiger partial charge in [0.15, 0.2) is 0 Å². The monoisotopic (exact) mass is 470 g/mol. The molecule has 3 aromatic rings. The molecule has 6 nitrogen and oxygen atoms in total. The summed E-state index contributed by atoms with van der Waals surface area (Å²) in [5.74, 6) is -2.37. The van der Waals surface area contributed by atoms with E-state index in [2.05, 4.69) is 5.32 Å². The summed E-state index contributed by atoms with van der Waals surface area (Å²) in [5.41, 5.74) is 1.31. The molecule has 0 saturated heterocycles. The van der Waals surface area contributed by atoms with Gasteiger partial charge < -0.3 is 19.7 Å². The van der Waals surface area contributed by atoms with Crippen molar-refractivity contribution in [1.29, 1.82) is 0 Å². The zero-order valence-electron chi connectivity index (χ0n) is 18.7. The summed E-state index contributed by atoms with van der Waals surface area (Å²) >= 11 is 0. The lowest BCUT2D eigenvalue weighted by Gasteiger charge is -2.38. The number of rotatable bonds is 6. The first-order valence-electron chi connectivity index (χ1n) is 11.1. The number of aromatic nitrogens is 1. The van der Waals surface area contributed by atoms with Gasteiger partial charge in [0.05, 0.1) is 11.7 Å². The van der Waals surface area contributed by atoms with Crippen LogP contribution in [0.4, 0.5) is 23.7 Å². The Bertz CT molecular complexity index is 1200. The maximum Gasteiger partial charge on any atom is 0.322 e. The van der Waals surface area contributed by atoms with Crippen LogP contribution >= 0.6 is 0 Å². The predicted molar refractivity (Wildman–Crippen MR) is 122 cm³/mol. The van der Waals surface area contributed by atoms with Gasteiger partial charge in [-0.2, -0.15) is 0 Å². The molecule has 3 amide bonds. The molecule has 0 aliphatic carbocycles. The Morgan fingerprint density at radius 1 is 1.03 bits per heavy atom. The highest BCUT2D eigenvalue weighted by atomic mass is 19.1. The molecule has 34 heavy (non-hydrogen) atoms. The number of hydrogen-bond acceptors (Lipinski definition) is 2. The van der Waals surface area contributed by atoms with E-state index in [4.69, 9.17) is 0 Å². The lowest BCUT2D eigenvalue weighted by Crippen LogP contribution is -2.49. The van der Waals surface area contributed by atoms with E-state index in [9.17, 15) is 22.8 Å². The van der Waals surface area contributed by atoms with Crippen molar-refractivity contribution in [3.63, 3.8) is 0 Å². The van der Waals surface area contributed by atoms with Gasteiger partial charge in [-0.05, 0) is 48.4 Å². The van der Waals surface area contributed by atoms with Gasteiger partial charge in [-0.1, -0.05) is 19.1 Å². The molecule has 0 spiro atoms. The number of carbonyl (C=O) groups excluding carboxylic acids is 2. The third-order valence-corrected chi connectivity index (χ3v) is 5.80. The summed E-state index contributed by atoms with van der Waals surface area (Å²) in [6.07, 6.45) is 2.49. The number of anilines is 1. The average molecular weight is 470 g/mol. The normalized spacial score (nSPS) is 15.1. The molecule has 1 aliphatic heterocycles. The van der Waals surface area contributed by atoms with E-state index >= 15 is 0 Å². The minimum atomic E-state index is -0.904. The molecule has 1 atom stereocenters. The second-order valence-electron chi connectivity index (χ2n) is 8.15. The van der Waals surface area contributed by atoms with Gasteiger partial charge in [0, 0.05) is 37.6 Å². The van der Waals surface area contributed by atoms with Crippen LogP contribution in [0.15, 0.2) is 60.8 Å². The third-order valence-electron chi connectivity index (χ3n) is 5.80. The minimum Gasteiger partial charge on any atom is -0.348 e. The number of nitrogens with zero attached hydrogens (tertiary/aromatic N) is 3. The maximum atomic E-state index is 14.0. The summed E-state index contributed by atoms with van der Waals surface area (Å²) in [6, 6.07) is 11.6. The smallest absolute Gasteiger partial charge is 0.322 e. The molecule has 1 aromatic heterocycles. The van der Waals surface area contributed by atoms with E-state index in [1.165, 1.54) is 17.0 Å². The van der Waals surface area contributed by atoms with Crippen molar-refractivity contribution >= 4 is 17.6 Å². The zero-order chi connectivity index (χ0) is 24.2. The van der Waals surface area contributed by atoms with Gasteiger partial charge >= 0.3 is 6.03 Å². The Morgan fingerprint density at radius 2 is 1.82 bits per heavy atom. The van der Waals surface area contributed by atoms with Gasteiger partial charge in [-0.15, -0.1) is 0 Å². The Hall–Kier alpha value is -3.75. The van der Waals surface area contributed by atoms with Crippen LogP contribution in [0.25, 0.3) is 0 Å². The molecule has 1 N–H and O–H groups in total. The Morgan fingerprint density at radius 3 is 2.56 bits per heavy atom. The summed E-state index contributed by atoms with van der Waals surface area (Å²) in [7, 11) is 0. The summed E-state index contributed by atoms with van der Waals surface area (Å²) < 4.78 is 43.2. The Kier molecular flexibility index (Phi) is 6.90. The lowest BCUT2D eigenvalue weighted by atomic mass is 9.99. The zero-order valence-corrected chi connectivity index (χ0v) is 18.7. The first kappa shape index (κ1) is 23.4. The predicted octanol–water partition coefficient (Wildman–Crippen LogP) is 4.78. The van der Waals surface area contributed by atoms with Crippen LogP contribution in [0.3, 0.4) is 0 Å². The van der Waals surface area contributed by atoms with Gasteiger partial charge in [0.2, 0.25) is 5.91 Å². The largest absolute Gasteiger partial charge is 0.348 e. The molecule has 2 aromatic carbocycles. The fourth-order valence-corrected chi connectivity index (χ4v) is 4.24. The minimum absolute atomic E-state index is 0.173. The molecular formula is C25H25F3N4O2. The highest BCUT2D eigenvalue weighted by Crippen LogP contribution is 2.33. The van der Waals surface area contributed by atoms with Crippen LogP contribution in [-0.2, 0) is 11.3 Å². The molecule has 0 unspecified atom stereocenters.